The summed E-state index contributed by atoms with van der Waals surface area (Å²) in [4.78, 5) is 0. The van der Waals surface area contributed by atoms with Crippen molar-refractivity contribution in [1.29, 1.82) is 0 Å². The molecule has 0 aliphatic heterocycles. The predicted octanol–water partition coefficient (Wildman–Crippen LogP) is 12.7. The maximum Gasteiger partial charge on any atom is 0.0146 e. The van der Waals surface area contributed by atoms with Crippen molar-refractivity contribution in [2.24, 2.45) is 59.2 Å². The average Bonchev–Trinajstić information content (AvgIpc) is 2.63. The lowest BCUT2D eigenvalue weighted by Crippen LogP contribution is -1.93. The molecule has 0 nitrogen and oxygen atoms in total. The van der Waals surface area contributed by atoms with Crippen LogP contribution >= 0.6 is 0 Å². The van der Waals surface area contributed by atoms with Crippen molar-refractivity contribution < 1.29 is 0 Å². The zero-order valence-electron chi connectivity index (χ0n) is 29.9. The number of rotatable bonds is 6. The summed E-state index contributed by atoms with van der Waals surface area (Å²) in [6, 6.07) is 0. The summed E-state index contributed by atoms with van der Waals surface area (Å²) >= 11 is 0. The van der Waals surface area contributed by atoms with E-state index in [2.05, 4.69) is 162 Å². The molecule has 0 unspecified atom stereocenters. The molecule has 0 amide bonds. The monoisotopic (exact) mass is 521 g/mol. The molecule has 0 saturated heterocycles. The maximum absolute atomic E-state index is 3.09. The standard InChI is InChI=1S/2C8H14.3C7H16/c2*1-7(2)5-6-8(3)4;3*1-6(2)5-7(3)4/h2*7-8H,1-4H3;3*6-7H,5H2,1-4H3. The van der Waals surface area contributed by atoms with Crippen LogP contribution in [0.25, 0.3) is 0 Å². The van der Waals surface area contributed by atoms with E-state index in [0.29, 0.717) is 23.7 Å². The summed E-state index contributed by atoms with van der Waals surface area (Å²) in [5.41, 5.74) is 0. The van der Waals surface area contributed by atoms with Crippen LogP contribution in [0.2, 0.25) is 0 Å². The fourth-order valence-electron chi connectivity index (χ4n) is 3.50. The number of hydrogen-bond acceptors (Lipinski definition) is 0. The van der Waals surface area contributed by atoms with E-state index in [9.17, 15) is 0 Å². The SMILES string of the molecule is CC(C)C#CC(C)C.CC(C)C#CC(C)C.CC(C)CC(C)C.CC(C)CC(C)C.CC(C)CC(C)C. The Kier molecular flexibility index (Phi) is 39.0. The maximum atomic E-state index is 3.09. The Labute approximate surface area is 240 Å². The Morgan fingerprint density at radius 2 is 0.351 bits per heavy atom. The van der Waals surface area contributed by atoms with E-state index in [1.54, 1.807) is 0 Å². The van der Waals surface area contributed by atoms with Crippen LogP contribution in [0.3, 0.4) is 0 Å². The molecule has 0 aromatic heterocycles. The minimum Gasteiger partial charge on any atom is -0.100 e. The molecule has 37 heavy (non-hydrogen) atoms. The molecule has 0 atom stereocenters. The van der Waals surface area contributed by atoms with Crippen LogP contribution in [0.4, 0.5) is 0 Å². The van der Waals surface area contributed by atoms with Gasteiger partial charge in [-0.3, -0.25) is 0 Å². The highest BCUT2D eigenvalue weighted by Gasteiger charge is 1.97. The highest BCUT2D eigenvalue weighted by atomic mass is 14.0. The van der Waals surface area contributed by atoms with Crippen molar-refractivity contribution in [1.82, 2.24) is 0 Å². The molecule has 0 aliphatic carbocycles. The van der Waals surface area contributed by atoms with Gasteiger partial charge in [0.2, 0.25) is 0 Å². The third-order valence-electron chi connectivity index (χ3n) is 4.15. The lowest BCUT2D eigenvalue weighted by atomic mass is 10.0. The van der Waals surface area contributed by atoms with Gasteiger partial charge in [0, 0.05) is 23.7 Å². The second kappa shape index (κ2) is 31.3. The van der Waals surface area contributed by atoms with E-state index >= 15 is 0 Å². The van der Waals surface area contributed by atoms with Gasteiger partial charge < -0.3 is 0 Å². The van der Waals surface area contributed by atoms with Gasteiger partial charge in [0.05, 0.1) is 0 Å². The van der Waals surface area contributed by atoms with Gasteiger partial charge in [-0.05, 0) is 54.8 Å². The first kappa shape index (κ1) is 46.0. The predicted molar refractivity (Wildman–Crippen MR) is 178 cm³/mol. The topological polar surface area (TPSA) is 0 Å². The third-order valence-corrected chi connectivity index (χ3v) is 4.15. The fraction of sp³-hybridized carbons (Fsp3) is 0.892. The summed E-state index contributed by atoms with van der Waals surface area (Å²) in [5, 5.41) is 0. The summed E-state index contributed by atoms with van der Waals surface area (Å²) < 4.78 is 0. The zero-order chi connectivity index (χ0) is 30.7. The van der Waals surface area contributed by atoms with Crippen molar-refractivity contribution in [2.75, 3.05) is 0 Å². The molecule has 0 aromatic carbocycles. The first-order chi connectivity index (χ1) is 16.6. The summed E-state index contributed by atoms with van der Waals surface area (Å²) in [6.45, 7) is 44.0. The van der Waals surface area contributed by atoms with Gasteiger partial charge in [0.1, 0.15) is 0 Å². The van der Waals surface area contributed by atoms with E-state index < -0.39 is 0 Å². The van der Waals surface area contributed by atoms with E-state index in [0.717, 1.165) is 35.5 Å². The van der Waals surface area contributed by atoms with Crippen LogP contribution < -0.4 is 0 Å². The van der Waals surface area contributed by atoms with Crippen molar-refractivity contribution in [3.05, 3.63) is 0 Å². The van der Waals surface area contributed by atoms with Crippen LogP contribution in [0.5, 0.6) is 0 Å². The lowest BCUT2D eigenvalue weighted by molar-refractivity contribution is 0.469. The average molecular weight is 521 g/mol. The van der Waals surface area contributed by atoms with Crippen molar-refractivity contribution in [3.63, 3.8) is 0 Å². The molecule has 0 saturated carbocycles. The fourth-order valence-corrected chi connectivity index (χ4v) is 3.50. The highest BCUT2D eigenvalue weighted by Crippen LogP contribution is 2.09. The van der Waals surface area contributed by atoms with Crippen molar-refractivity contribution >= 4 is 0 Å². The summed E-state index contributed by atoms with van der Waals surface area (Å²) in [7, 11) is 0. The van der Waals surface area contributed by atoms with Gasteiger partial charge in [-0.15, -0.1) is 23.7 Å². The quantitative estimate of drug-likeness (QED) is 0.305. The van der Waals surface area contributed by atoms with E-state index in [1.165, 1.54) is 19.3 Å². The van der Waals surface area contributed by atoms with Crippen LogP contribution in [-0.2, 0) is 0 Å². The molecule has 224 valence electrons. The molecule has 0 radical (unpaired) electrons. The van der Waals surface area contributed by atoms with Gasteiger partial charge in [-0.1, -0.05) is 138 Å². The van der Waals surface area contributed by atoms with E-state index in [1.807, 2.05) is 0 Å². The van der Waals surface area contributed by atoms with Crippen molar-refractivity contribution in [3.8, 4) is 23.7 Å². The van der Waals surface area contributed by atoms with Gasteiger partial charge >= 0.3 is 0 Å². The molecule has 0 aromatic rings. The molecular weight excluding hydrogens is 444 g/mol. The van der Waals surface area contributed by atoms with Crippen LogP contribution in [0.15, 0.2) is 0 Å². The second-order valence-corrected chi connectivity index (χ2v) is 14.3. The molecule has 0 rings (SSSR count). The highest BCUT2D eigenvalue weighted by molar-refractivity contribution is 5.03. The molecular formula is C37H76. The van der Waals surface area contributed by atoms with Crippen LogP contribution in [-0.4, -0.2) is 0 Å². The van der Waals surface area contributed by atoms with Crippen LogP contribution in [0, 0.1) is 82.9 Å². The van der Waals surface area contributed by atoms with E-state index in [-0.39, 0.29) is 0 Å². The molecule has 0 fully saturated rings. The largest absolute Gasteiger partial charge is 0.100 e. The van der Waals surface area contributed by atoms with Crippen LogP contribution in [0.1, 0.15) is 158 Å². The molecule has 0 aliphatic rings. The number of hydrogen-bond donors (Lipinski definition) is 0. The summed E-state index contributed by atoms with van der Waals surface area (Å²) in [5.74, 6) is 19.7. The molecule has 0 heteroatoms. The van der Waals surface area contributed by atoms with Gasteiger partial charge in [-0.25, -0.2) is 0 Å². The molecule has 0 spiro atoms. The zero-order valence-corrected chi connectivity index (χ0v) is 29.9. The van der Waals surface area contributed by atoms with Gasteiger partial charge in [0.15, 0.2) is 0 Å². The minimum atomic E-state index is 0.525. The lowest BCUT2D eigenvalue weighted by Gasteiger charge is -2.05. The minimum absolute atomic E-state index is 0.525. The Balaban J connectivity index is -0.000000115. The Morgan fingerprint density at radius 1 is 0.243 bits per heavy atom. The van der Waals surface area contributed by atoms with Gasteiger partial charge in [-0.2, -0.15) is 0 Å². The Bertz CT molecular complexity index is 425. The first-order valence-corrected chi connectivity index (χ1v) is 15.7. The Hall–Kier alpha value is -0.880. The second-order valence-electron chi connectivity index (χ2n) is 14.3. The first-order valence-electron chi connectivity index (χ1n) is 15.7. The molecule has 0 N–H and O–H groups in total. The van der Waals surface area contributed by atoms with E-state index in [4.69, 9.17) is 0 Å². The molecule has 0 heterocycles. The normalized spacial score (nSPS) is 10.3. The van der Waals surface area contributed by atoms with Gasteiger partial charge in [0.25, 0.3) is 0 Å². The third kappa shape index (κ3) is 86.4. The Morgan fingerprint density at radius 3 is 0.378 bits per heavy atom. The summed E-state index contributed by atoms with van der Waals surface area (Å²) in [6.07, 6.45) is 4.08. The van der Waals surface area contributed by atoms with Crippen molar-refractivity contribution in [2.45, 2.75) is 158 Å². The molecule has 0 bridgehead atoms. The smallest absolute Gasteiger partial charge is 0.0146 e.